The van der Waals surface area contributed by atoms with Crippen molar-refractivity contribution in [1.29, 1.82) is 0 Å². The van der Waals surface area contributed by atoms with Crippen molar-refractivity contribution < 1.29 is 30.3 Å². The molecular weight excluding hydrogens is 818 g/mol. The molecule has 274 valence electrons. The summed E-state index contributed by atoms with van der Waals surface area (Å²) >= 11 is 0. The fourth-order valence-electron chi connectivity index (χ4n) is 6.57. The van der Waals surface area contributed by atoms with Crippen LogP contribution in [0.1, 0.15) is 115 Å². The number of pyridine rings is 1. The van der Waals surface area contributed by atoms with Crippen LogP contribution in [0.2, 0.25) is 0 Å². The van der Waals surface area contributed by atoms with Gasteiger partial charge in [0.2, 0.25) is 0 Å². The Morgan fingerprint density at radius 2 is 1.29 bits per heavy atom. The number of aryl methyl sites for hydroxylation is 1. The van der Waals surface area contributed by atoms with E-state index < -0.39 is 6.85 Å². The van der Waals surface area contributed by atoms with Crippen LogP contribution in [0.3, 0.4) is 0 Å². The molecule has 0 radical (unpaired) electrons. The standard InChI is InChI=1S/C47H54N3O.Pt/c1-29-24-32(44(2,3)4)20-21-39(29)50-40-19-15-18-35(30-16-14-17-31(25-30)38-28-33(22-23-48-38)45(5,6)7)41(40)49-43(50)36-26-34(46(8,9)10)27-37(42(36)51)47(11,12)13;/h14-24,26-28,51H,1-13H3;/q-1;/i1D3;. The molecule has 0 aliphatic heterocycles. The van der Waals surface area contributed by atoms with E-state index in [1.54, 1.807) is 0 Å². The van der Waals surface area contributed by atoms with Gasteiger partial charge in [0.1, 0.15) is 11.6 Å². The topological polar surface area (TPSA) is 50.9 Å². The summed E-state index contributed by atoms with van der Waals surface area (Å²) in [6, 6.07) is 29.7. The zero-order valence-electron chi connectivity index (χ0n) is 35.7. The zero-order chi connectivity index (χ0) is 39.8. The van der Waals surface area contributed by atoms with Gasteiger partial charge in [-0.2, -0.15) is 0 Å². The number of nitrogens with zero attached hydrogens (tertiary/aromatic N) is 3. The van der Waals surface area contributed by atoms with E-state index in [0.717, 1.165) is 44.6 Å². The second-order valence-corrected chi connectivity index (χ2v) is 18.0. The summed E-state index contributed by atoms with van der Waals surface area (Å²) in [5, 5.41) is 12.2. The number of aromatic hydroxyl groups is 1. The van der Waals surface area contributed by atoms with Crippen molar-refractivity contribution in [1.82, 2.24) is 14.5 Å². The van der Waals surface area contributed by atoms with Crippen LogP contribution in [0.25, 0.3) is 50.5 Å². The minimum Gasteiger partial charge on any atom is -0.507 e. The van der Waals surface area contributed by atoms with Gasteiger partial charge in [-0.3, -0.25) is 9.55 Å². The molecule has 0 fully saturated rings. The number of imidazole rings is 1. The number of hydrogen-bond donors (Lipinski definition) is 1. The molecule has 0 amide bonds. The number of fused-ring (bicyclic) bond motifs is 1. The van der Waals surface area contributed by atoms with Gasteiger partial charge in [0, 0.05) is 42.6 Å². The molecule has 0 unspecified atom stereocenters. The molecule has 0 saturated heterocycles. The number of aromatic nitrogens is 3. The summed E-state index contributed by atoms with van der Waals surface area (Å²) in [4.78, 5) is 10.1. The molecule has 2 heterocycles. The van der Waals surface area contributed by atoms with E-state index in [2.05, 4.69) is 107 Å². The molecule has 0 atom stereocenters. The van der Waals surface area contributed by atoms with E-state index in [9.17, 15) is 5.11 Å². The van der Waals surface area contributed by atoms with Crippen LogP contribution in [0.5, 0.6) is 5.75 Å². The molecule has 1 N–H and O–H groups in total. The van der Waals surface area contributed by atoms with Gasteiger partial charge in [0.25, 0.3) is 0 Å². The van der Waals surface area contributed by atoms with Crippen LogP contribution < -0.4 is 0 Å². The first kappa shape index (κ1) is 35.0. The van der Waals surface area contributed by atoms with Crippen molar-refractivity contribution in [3.05, 3.63) is 119 Å². The van der Waals surface area contributed by atoms with Crippen LogP contribution in [-0.2, 0) is 42.7 Å². The van der Waals surface area contributed by atoms with E-state index >= 15 is 0 Å². The summed E-state index contributed by atoms with van der Waals surface area (Å²) < 4.78 is 28.2. The smallest absolute Gasteiger partial charge is 0.148 e. The molecule has 6 rings (SSSR count). The van der Waals surface area contributed by atoms with E-state index in [-0.39, 0.29) is 54.0 Å². The van der Waals surface area contributed by atoms with E-state index in [1.165, 1.54) is 5.56 Å². The van der Waals surface area contributed by atoms with Crippen molar-refractivity contribution in [3.63, 3.8) is 0 Å². The monoisotopic (exact) mass is 874 g/mol. The Balaban J connectivity index is 0.00000580. The van der Waals surface area contributed by atoms with Crippen molar-refractivity contribution in [2.24, 2.45) is 0 Å². The first-order chi connectivity index (χ1) is 24.9. The predicted molar refractivity (Wildman–Crippen MR) is 215 cm³/mol. The minimum absolute atomic E-state index is 0. The molecule has 52 heavy (non-hydrogen) atoms. The maximum atomic E-state index is 12.2. The van der Waals surface area contributed by atoms with E-state index in [0.29, 0.717) is 22.6 Å². The van der Waals surface area contributed by atoms with Crippen LogP contribution in [-0.4, -0.2) is 19.6 Å². The van der Waals surface area contributed by atoms with Crippen molar-refractivity contribution >= 4 is 11.0 Å². The Hall–Kier alpha value is -4.01. The summed E-state index contributed by atoms with van der Waals surface area (Å²) in [6.07, 6.45) is 1.85. The van der Waals surface area contributed by atoms with Gasteiger partial charge in [-0.05, 0) is 75.0 Å². The number of benzene rings is 4. The Bertz CT molecular complexity index is 2380. The van der Waals surface area contributed by atoms with Crippen LogP contribution in [0.4, 0.5) is 0 Å². The second kappa shape index (κ2) is 13.8. The van der Waals surface area contributed by atoms with Crippen molar-refractivity contribution in [3.8, 4) is 45.2 Å². The van der Waals surface area contributed by atoms with Gasteiger partial charge in [-0.15, -0.1) is 29.8 Å². The minimum atomic E-state index is -2.43. The molecule has 4 aromatic carbocycles. The van der Waals surface area contributed by atoms with Crippen LogP contribution >= 0.6 is 0 Å². The molecule has 0 saturated carbocycles. The van der Waals surface area contributed by atoms with Crippen LogP contribution in [0.15, 0.2) is 85.1 Å². The molecule has 2 aromatic heterocycles. The van der Waals surface area contributed by atoms with Crippen LogP contribution in [0, 0.1) is 12.9 Å². The molecule has 4 nitrogen and oxygen atoms in total. The van der Waals surface area contributed by atoms with Gasteiger partial charge in [-0.1, -0.05) is 131 Å². The normalized spacial score (nSPS) is 13.7. The molecule has 0 aliphatic carbocycles. The average molecular weight is 875 g/mol. The predicted octanol–water partition coefficient (Wildman–Crippen LogP) is 12.4. The van der Waals surface area contributed by atoms with Crippen molar-refractivity contribution in [2.75, 3.05) is 0 Å². The first-order valence-corrected chi connectivity index (χ1v) is 17.9. The summed E-state index contributed by atoms with van der Waals surface area (Å²) in [6.45, 7) is 23.1. The molecule has 0 aliphatic rings. The largest absolute Gasteiger partial charge is 0.507 e. The number of para-hydroxylation sites is 1. The Kier molecular flexibility index (Phi) is 9.27. The van der Waals surface area contributed by atoms with Gasteiger partial charge >= 0.3 is 0 Å². The third kappa shape index (κ3) is 7.56. The third-order valence-electron chi connectivity index (χ3n) is 9.80. The Morgan fingerprint density at radius 1 is 0.654 bits per heavy atom. The van der Waals surface area contributed by atoms with E-state index in [4.69, 9.17) is 14.1 Å². The summed E-state index contributed by atoms with van der Waals surface area (Å²) in [5.41, 5.74) is 9.06. The molecule has 6 aromatic rings. The zero-order valence-corrected chi connectivity index (χ0v) is 35.0. The fraction of sp³-hybridized carbons (Fsp3) is 0.362. The van der Waals surface area contributed by atoms with Gasteiger partial charge < -0.3 is 5.11 Å². The second-order valence-electron chi connectivity index (χ2n) is 18.0. The number of hydrogen-bond acceptors (Lipinski definition) is 3. The quantitative estimate of drug-likeness (QED) is 0.180. The number of phenolic OH excluding ortho intramolecular Hbond substituents is 1. The van der Waals surface area contributed by atoms with Gasteiger partial charge in [0.15, 0.2) is 0 Å². The fourth-order valence-corrected chi connectivity index (χ4v) is 6.57. The molecule has 0 spiro atoms. The number of phenols is 1. The molecular formula is C47H54N3OPt-. The molecule has 5 heteroatoms. The average Bonchev–Trinajstić information content (AvgIpc) is 3.45. The summed E-state index contributed by atoms with van der Waals surface area (Å²) in [5.74, 6) is 0.602. The van der Waals surface area contributed by atoms with E-state index in [1.807, 2.05) is 71.4 Å². The summed E-state index contributed by atoms with van der Waals surface area (Å²) in [7, 11) is 0. The first-order valence-electron chi connectivity index (χ1n) is 19.4. The number of rotatable bonds is 4. The SMILES string of the molecule is [2H]C([2H])([2H])c1cc(C(C)(C)C)ccc1-n1c(-c2cc(C(C)(C)C)cc(C(C)(C)C)c2O)nc2c(-c3[c-]c(-c4cc(C(C)(C)C)ccn4)ccc3)cccc21.[Pt]. The van der Waals surface area contributed by atoms with Gasteiger partial charge in [0.05, 0.1) is 22.3 Å². The Morgan fingerprint density at radius 3 is 1.92 bits per heavy atom. The van der Waals surface area contributed by atoms with Crippen molar-refractivity contribution in [2.45, 2.75) is 112 Å². The van der Waals surface area contributed by atoms with Gasteiger partial charge in [-0.25, -0.2) is 4.98 Å². The Labute approximate surface area is 330 Å². The maximum absolute atomic E-state index is 12.2. The maximum Gasteiger partial charge on any atom is 0.148 e. The third-order valence-corrected chi connectivity index (χ3v) is 9.80. The molecule has 0 bridgehead atoms.